The number of hydrazone groups is 1. The first-order valence-electron chi connectivity index (χ1n) is 10.2. The molecule has 0 aromatic heterocycles. The first-order valence-corrected chi connectivity index (χ1v) is 11.8. The van der Waals surface area contributed by atoms with E-state index in [-0.39, 0.29) is 6.61 Å². The van der Waals surface area contributed by atoms with E-state index in [2.05, 4.69) is 53.8 Å². The van der Waals surface area contributed by atoms with Gasteiger partial charge in [0.15, 0.2) is 0 Å². The number of benzene rings is 3. The van der Waals surface area contributed by atoms with E-state index >= 15 is 0 Å². The first kappa shape index (κ1) is 25.1. The third-order valence-corrected chi connectivity index (χ3v) is 6.09. The lowest BCUT2D eigenvalue weighted by atomic mass is 10.1. The predicted octanol–water partition coefficient (Wildman–Crippen LogP) is 5.39. The van der Waals surface area contributed by atoms with Crippen molar-refractivity contribution in [3.63, 3.8) is 0 Å². The van der Waals surface area contributed by atoms with Gasteiger partial charge in [-0.2, -0.15) is 10.4 Å². The van der Waals surface area contributed by atoms with Gasteiger partial charge in [-0.3, -0.25) is 9.59 Å². The zero-order valence-electron chi connectivity index (χ0n) is 18.1. The van der Waals surface area contributed by atoms with Crippen molar-refractivity contribution >= 4 is 55.6 Å². The summed E-state index contributed by atoms with van der Waals surface area (Å²) in [5.41, 5.74) is 5.04. The second-order valence-electron chi connectivity index (χ2n) is 7.17. The van der Waals surface area contributed by atoms with Crippen LogP contribution in [0.5, 0.6) is 5.75 Å². The molecule has 3 aromatic carbocycles. The van der Waals surface area contributed by atoms with E-state index in [1.165, 1.54) is 13.1 Å². The van der Waals surface area contributed by atoms with Crippen molar-refractivity contribution in [1.29, 1.82) is 5.26 Å². The second kappa shape index (κ2) is 12.1. The first-order chi connectivity index (χ1) is 16.4. The summed E-state index contributed by atoms with van der Waals surface area (Å²) in [5, 5.41) is 15.8. The number of ether oxygens (including phenoxy) is 1. The van der Waals surface area contributed by atoms with Gasteiger partial charge in [0, 0.05) is 10.0 Å². The molecule has 0 heterocycles. The van der Waals surface area contributed by atoms with Crippen LogP contribution in [0.15, 0.2) is 80.8 Å². The van der Waals surface area contributed by atoms with Crippen molar-refractivity contribution in [2.24, 2.45) is 11.0 Å². The zero-order chi connectivity index (χ0) is 24.5. The van der Waals surface area contributed by atoms with E-state index in [4.69, 9.17) is 4.74 Å². The van der Waals surface area contributed by atoms with Gasteiger partial charge in [0.05, 0.1) is 28.0 Å². The lowest BCUT2D eigenvalue weighted by molar-refractivity contribution is -0.131. The van der Waals surface area contributed by atoms with E-state index in [1.807, 2.05) is 18.2 Å². The van der Waals surface area contributed by atoms with Crippen molar-refractivity contribution < 1.29 is 14.3 Å². The van der Waals surface area contributed by atoms with Gasteiger partial charge in [0.1, 0.15) is 18.3 Å². The number of anilines is 1. The molecule has 34 heavy (non-hydrogen) atoms. The van der Waals surface area contributed by atoms with Crippen molar-refractivity contribution in [3.05, 3.63) is 92.4 Å². The molecule has 0 saturated heterocycles. The van der Waals surface area contributed by atoms with Gasteiger partial charge >= 0.3 is 0 Å². The van der Waals surface area contributed by atoms with E-state index in [1.54, 1.807) is 48.5 Å². The molecule has 9 heteroatoms. The smallest absolute Gasteiger partial charge is 0.252 e. The minimum atomic E-state index is -0.942. The highest BCUT2D eigenvalue weighted by atomic mass is 79.9. The van der Waals surface area contributed by atoms with Crippen LogP contribution < -0.4 is 15.5 Å². The Morgan fingerprint density at radius 1 is 1.06 bits per heavy atom. The fourth-order valence-electron chi connectivity index (χ4n) is 2.82. The molecule has 0 bridgehead atoms. The normalized spacial score (nSPS) is 11.5. The average molecular weight is 584 g/mol. The van der Waals surface area contributed by atoms with Gasteiger partial charge in [-0.05, 0) is 80.7 Å². The molecule has 0 spiro atoms. The molecule has 0 saturated carbocycles. The maximum Gasteiger partial charge on any atom is 0.252 e. The molecule has 1 unspecified atom stereocenters. The number of carbonyl (C=O) groups is 2. The number of para-hydroxylation sites is 1. The number of nitrogens with zero attached hydrogens (tertiary/aromatic N) is 2. The molecule has 172 valence electrons. The summed E-state index contributed by atoms with van der Waals surface area (Å²) in [6.07, 6.45) is 1.47. The minimum absolute atomic E-state index is 0.255. The lowest BCUT2D eigenvalue weighted by Crippen LogP contribution is -2.34. The Kier molecular flexibility index (Phi) is 8.96. The molecule has 0 radical (unpaired) electrons. The quantitative estimate of drug-likeness (QED) is 0.211. The molecule has 0 fully saturated rings. The molecule has 2 amide bonds. The van der Waals surface area contributed by atoms with Gasteiger partial charge in [-0.1, -0.05) is 30.3 Å². The number of rotatable bonds is 8. The summed E-state index contributed by atoms with van der Waals surface area (Å²) in [7, 11) is 0. The fourth-order valence-corrected chi connectivity index (χ4v) is 3.71. The summed E-state index contributed by atoms with van der Waals surface area (Å²) in [6, 6.07) is 21.9. The third kappa shape index (κ3) is 6.76. The Balaban J connectivity index is 1.54. The van der Waals surface area contributed by atoms with E-state index in [0.717, 1.165) is 10.0 Å². The molecule has 7 nitrogen and oxygen atoms in total. The fraction of sp³-hybridized carbons (Fsp3) is 0.120. The van der Waals surface area contributed by atoms with Gasteiger partial charge in [0.2, 0.25) is 5.91 Å². The molecular weight excluding hydrogens is 564 g/mol. The Labute approximate surface area is 214 Å². The highest BCUT2D eigenvalue weighted by Crippen LogP contribution is 2.27. The van der Waals surface area contributed by atoms with Crippen molar-refractivity contribution in [3.8, 4) is 11.8 Å². The number of halogens is 2. The third-order valence-electron chi connectivity index (χ3n) is 4.78. The Morgan fingerprint density at radius 3 is 2.53 bits per heavy atom. The van der Waals surface area contributed by atoms with Crippen LogP contribution in [0.1, 0.15) is 23.6 Å². The molecule has 3 aromatic rings. The van der Waals surface area contributed by atoms with E-state index in [0.29, 0.717) is 27.0 Å². The molecule has 3 rings (SSSR count). The largest absolute Gasteiger partial charge is 0.488 e. The molecule has 0 aliphatic rings. The van der Waals surface area contributed by atoms with Gasteiger partial charge in [0.25, 0.3) is 5.91 Å². The van der Waals surface area contributed by atoms with Crippen LogP contribution in [0.4, 0.5) is 5.69 Å². The SMILES string of the molecule is CC(C(=O)NN=Cc1ccc(OCc2ccccc2C#N)c(Br)c1)C(=O)Nc1ccccc1Br. The van der Waals surface area contributed by atoms with Crippen molar-refractivity contribution in [1.82, 2.24) is 5.43 Å². The number of nitriles is 1. The second-order valence-corrected chi connectivity index (χ2v) is 8.88. The topological polar surface area (TPSA) is 104 Å². The van der Waals surface area contributed by atoms with Gasteiger partial charge in [-0.15, -0.1) is 0 Å². The predicted molar refractivity (Wildman–Crippen MR) is 137 cm³/mol. The molecular formula is C25H20Br2N4O3. The lowest BCUT2D eigenvalue weighted by Gasteiger charge is -2.12. The monoisotopic (exact) mass is 582 g/mol. The number of nitrogens with one attached hydrogen (secondary N) is 2. The van der Waals surface area contributed by atoms with Crippen LogP contribution in [0.2, 0.25) is 0 Å². The number of amides is 2. The standard InChI is InChI=1S/C25H20Br2N4O3/c1-16(24(32)30-22-9-5-4-8-20(22)26)25(33)31-29-14-17-10-11-23(21(27)12-17)34-15-19-7-3-2-6-18(19)13-28/h2-12,14,16H,15H2,1H3,(H,30,32)(H,31,33). The van der Waals surface area contributed by atoms with Crippen molar-refractivity contribution in [2.75, 3.05) is 5.32 Å². The Morgan fingerprint density at radius 2 is 1.79 bits per heavy atom. The molecule has 2 N–H and O–H groups in total. The summed E-state index contributed by atoms with van der Waals surface area (Å²) < 4.78 is 7.23. The summed E-state index contributed by atoms with van der Waals surface area (Å²) in [4.78, 5) is 24.6. The molecule has 0 aliphatic carbocycles. The van der Waals surface area contributed by atoms with Crippen LogP contribution >= 0.6 is 31.9 Å². The van der Waals surface area contributed by atoms with Crippen LogP contribution in [0.25, 0.3) is 0 Å². The van der Waals surface area contributed by atoms with Crippen LogP contribution in [-0.4, -0.2) is 18.0 Å². The summed E-state index contributed by atoms with van der Waals surface area (Å²) in [6.45, 7) is 1.76. The number of carbonyl (C=O) groups excluding carboxylic acids is 2. The maximum atomic E-state index is 12.3. The Hall–Kier alpha value is -3.48. The van der Waals surface area contributed by atoms with E-state index in [9.17, 15) is 14.9 Å². The van der Waals surface area contributed by atoms with Crippen molar-refractivity contribution in [2.45, 2.75) is 13.5 Å². The van der Waals surface area contributed by atoms with Gasteiger partial charge < -0.3 is 10.1 Å². The average Bonchev–Trinajstić information content (AvgIpc) is 2.84. The van der Waals surface area contributed by atoms with Crippen LogP contribution in [0, 0.1) is 17.2 Å². The number of hydrogen-bond donors (Lipinski definition) is 2. The van der Waals surface area contributed by atoms with Crippen LogP contribution in [0.3, 0.4) is 0 Å². The van der Waals surface area contributed by atoms with E-state index < -0.39 is 17.7 Å². The molecule has 1 atom stereocenters. The summed E-state index contributed by atoms with van der Waals surface area (Å²) in [5.74, 6) is -1.31. The highest BCUT2D eigenvalue weighted by molar-refractivity contribution is 9.11. The summed E-state index contributed by atoms with van der Waals surface area (Å²) >= 11 is 6.81. The highest BCUT2D eigenvalue weighted by Gasteiger charge is 2.21. The Bertz CT molecular complexity index is 1270. The minimum Gasteiger partial charge on any atom is -0.488 e. The number of hydrogen-bond acceptors (Lipinski definition) is 5. The zero-order valence-corrected chi connectivity index (χ0v) is 21.3. The molecule has 0 aliphatic heterocycles. The van der Waals surface area contributed by atoms with Crippen LogP contribution in [-0.2, 0) is 16.2 Å². The maximum absolute atomic E-state index is 12.3. The van der Waals surface area contributed by atoms with Gasteiger partial charge in [-0.25, -0.2) is 5.43 Å².